The molecular weight excluding hydrogens is 335 g/mol. The van der Waals surface area contributed by atoms with Crippen molar-refractivity contribution in [2.75, 3.05) is 13.2 Å². The van der Waals surface area contributed by atoms with E-state index in [1.54, 1.807) is 0 Å². The minimum atomic E-state index is -1.80. The molecule has 0 aromatic heterocycles. The van der Waals surface area contributed by atoms with Gasteiger partial charge in [-0.05, 0) is 41.6 Å². The Labute approximate surface area is 156 Å². The molecule has 0 unspecified atom stereocenters. The molecule has 1 nitrogen and oxygen atoms in total. The first-order chi connectivity index (χ1) is 12.9. The van der Waals surface area contributed by atoms with E-state index in [4.69, 9.17) is 4.74 Å². The van der Waals surface area contributed by atoms with Crippen LogP contribution in [0.5, 0.6) is 0 Å². The van der Waals surface area contributed by atoms with Crippen LogP contribution in [0.3, 0.4) is 0 Å². The predicted molar refractivity (Wildman–Crippen MR) is 115 cm³/mol. The zero-order chi connectivity index (χ0) is 17.7. The lowest BCUT2D eigenvalue weighted by Crippen LogP contribution is -2.29. The topological polar surface area (TPSA) is 9.23 Å². The average molecular weight is 360 g/mol. The number of ether oxygens (including phenoxy) is 1. The maximum atomic E-state index is 5.62. The van der Waals surface area contributed by atoms with Crippen molar-refractivity contribution < 1.29 is 4.74 Å². The predicted octanol–water partition coefficient (Wildman–Crippen LogP) is 4.21. The molecular formula is C24H25OP. The van der Waals surface area contributed by atoms with Crippen molar-refractivity contribution >= 4 is 28.6 Å². The Balaban J connectivity index is 2.02. The summed E-state index contributed by atoms with van der Waals surface area (Å²) in [6, 6.07) is 33.2. The van der Waals surface area contributed by atoms with Crippen LogP contribution in [0.4, 0.5) is 0 Å². The second-order valence-corrected chi connectivity index (χ2v) is 10.1. The minimum Gasteiger partial charge on any atom is -0.381 e. The number of hydrogen-bond acceptors (Lipinski definition) is 1. The lowest BCUT2D eigenvalue weighted by molar-refractivity contribution is 0.0842. The first kappa shape index (κ1) is 17.3. The van der Waals surface area contributed by atoms with Gasteiger partial charge in [-0.25, -0.2) is 0 Å². The van der Waals surface area contributed by atoms with Crippen LogP contribution >= 0.6 is 6.89 Å². The zero-order valence-corrected chi connectivity index (χ0v) is 15.9. The molecule has 1 aliphatic rings. The van der Waals surface area contributed by atoms with E-state index in [9.17, 15) is 0 Å². The standard InChI is InChI=1S/C24H25OP/c1-4-10-22(11-5-1)26(23-12-6-2-7-13-23,24-14-8-3-9-15-24)20-21-16-18-25-19-17-21/h1-15,20-21H,16-19H2. The van der Waals surface area contributed by atoms with Crippen LogP contribution in [0.1, 0.15) is 12.8 Å². The molecule has 4 rings (SSSR count). The van der Waals surface area contributed by atoms with Crippen molar-refractivity contribution in [2.45, 2.75) is 12.8 Å². The number of hydrogen-bond donors (Lipinski definition) is 0. The van der Waals surface area contributed by atoms with Gasteiger partial charge in [0.2, 0.25) is 0 Å². The van der Waals surface area contributed by atoms with Crippen LogP contribution in [0.25, 0.3) is 0 Å². The van der Waals surface area contributed by atoms with Crippen LogP contribution in [0.15, 0.2) is 91.0 Å². The van der Waals surface area contributed by atoms with E-state index in [0.29, 0.717) is 5.92 Å². The first-order valence-corrected chi connectivity index (χ1v) is 11.2. The molecule has 2 heteroatoms. The summed E-state index contributed by atoms with van der Waals surface area (Å²) in [5, 5.41) is 4.30. The second kappa shape index (κ2) is 8.08. The van der Waals surface area contributed by atoms with Crippen LogP contribution in [0.2, 0.25) is 0 Å². The molecule has 132 valence electrons. The molecule has 0 saturated carbocycles. The summed E-state index contributed by atoms with van der Waals surface area (Å²) < 4.78 is 5.62. The summed E-state index contributed by atoms with van der Waals surface area (Å²) in [6.07, 6.45) is 2.24. The van der Waals surface area contributed by atoms with Crippen molar-refractivity contribution in [3.05, 3.63) is 91.0 Å². The molecule has 0 spiro atoms. The maximum Gasteiger partial charge on any atom is 0.0471 e. The normalized spacial score (nSPS) is 15.5. The van der Waals surface area contributed by atoms with Gasteiger partial charge in [-0.1, -0.05) is 96.8 Å². The Bertz CT molecular complexity index is 762. The highest BCUT2D eigenvalue weighted by atomic mass is 31.2. The highest BCUT2D eigenvalue weighted by Gasteiger charge is 2.27. The number of rotatable bonds is 4. The minimum absolute atomic E-state index is 0.595. The van der Waals surface area contributed by atoms with E-state index in [-0.39, 0.29) is 0 Å². The Morgan fingerprint density at radius 1 is 0.615 bits per heavy atom. The number of benzene rings is 3. The average Bonchev–Trinajstić information content (AvgIpc) is 2.75. The third-order valence-electron chi connectivity index (χ3n) is 5.19. The molecule has 3 aromatic rings. The molecule has 1 saturated heterocycles. The fraction of sp³-hybridized carbons (Fsp3) is 0.208. The lowest BCUT2D eigenvalue weighted by atomic mass is 10.0. The van der Waals surface area contributed by atoms with Gasteiger partial charge >= 0.3 is 0 Å². The van der Waals surface area contributed by atoms with E-state index < -0.39 is 6.89 Å². The molecule has 0 aliphatic carbocycles. The van der Waals surface area contributed by atoms with Gasteiger partial charge in [-0.2, -0.15) is 0 Å². The van der Waals surface area contributed by atoms with E-state index in [0.717, 1.165) is 26.1 Å². The Kier molecular flexibility index (Phi) is 5.39. The fourth-order valence-electron chi connectivity index (χ4n) is 3.88. The summed E-state index contributed by atoms with van der Waals surface area (Å²) in [5.74, 6) is 3.29. The Morgan fingerprint density at radius 3 is 1.38 bits per heavy atom. The smallest absolute Gasteiger partial charge is 0.0471 e. The molecule has 0 atom stereocenters. The molecule has 0 amide bonds. The molecule has 0 bridgehead atoms. The van der Waals surface area contributed by atoms with Crippen LogP contribution in [-0.4, -0.2) is 19.0 Å². The van der Waals surface area contributed by atoms with Gasteiger partial charge in [0, 0.05) is 13.2 Å². The summed E-state index contributed by atoms with van der Waals surface area (Å²) in [7, 11) is 0. The molecule has 3 aromatic carbocycles. The Morgan fingerprint density at radius 2 is 1.00 bits per heavy atom. The Hall–Kier alpha value is -2.08. The van der Waals surface area contributed by atoms with Crippen molar-refractivity contribution in [1.82, 2.24) is 0 Å². The van der Waals surface area contributed by atoms with Crippen LogP contribution in [-0.2, 0) is 4.74 Å². The molecule has 1 fully saturated rings. The fourth-order valence-corrected chi connectivity index (χ4v) is 8.14. The summed E-state index contributed by atoms with van der Waals surface area (Å²) >= 11 is 0. The van der Waals surface area contributed by atoms with E-state index >= 15 is 0 Å². The highest BCUT2D eigenvalue weighted by Crippen LogP contribution is 2.45. The van der Waals surface area contributed by atoms with Gasteiger partial charge in [0.05, 0.1) is 0 Å². The third kappa shape index (κ3) is 3.43. The van der Waals surface area contributed by atoms with Crippen molar-refractivity contribution in [3.63, 3.8) is 0 Å². The lowest BCUT2D eigenvalue weighted by Gasteiger charge is -2.32. The summed E-state index contributed by atoms with van der Waals surface area (Å²) in [5.41, 5.74) is 0. The van der Waals surface area contributed by atoms with Gasteiger partial charge in [-0.15, -0.1) is 0 Å². The van der Waals surface area contributed by atoms with E-state index in [2.05, 4.69) is 96.8 Å². The second-order valence-electron chi connectivity index (χ2n) is 6.83. The van der Waals surface area contributed by atoms with Gasteiger partial charge in [0.1, 0.15) is 0 Å². The molecule has 1 heterocycles. The van der Waals surface area contributed by atoms with Crippen molar-refractivity contribution in [2.24, 2.45) is 5.92 Å². The summed E-state index contributed by atoms with van der Waals surface area (Å²) in [4.78, 5) is 0. The zero-order valence-electron chi connectivity index (χ0n) is 15.0. The highest BCUT2D eigenvalue weighted by molar-refractivity contribution is 7.94. The SMILES string of the molecule is C(C1CCOCC1)=P(c1ccccc1)(c1ccccc1)c1ccccc1. The van der Waals surface area contributed by atoms with Crippen LogP contribution in [0, 0.1) is 5.92 Å². The van der Waals surface area contributed by atoms with E-state index in [1.807, 2.05) is 0 Å². The van der Waals surface area contributed by atoms with Crippen LogP contribution < -0.4 is 15.9 Å². The van der Waals surface area contributed by atoms with Gasteiger partial charge < -0.3 is 4.74 Å². The molecule has 0 N–H and O–H groups in total. The third-order valence-corrected chi connectivity index (χ3v) is 9.40. The molecule has 1 aliphatic heterocycles. The maximum absolute atomic E-state index is 5.62. The van der Waals surface area contributed by atoms with Gasteiger partial charge in [0.25, 0.3) is 0 Å². The first-order valence-electron chi connectivity index (χ1n) is 9.39. The molecule has 26 heavy (non-hydrogen) atoms. The van der Waals surface area contributed by atoms with Crippen molar-refractivity contribution in [1.29, 1.82) is 0 Å². The van der Waals surface area contributed by atoms with Gasteiger partial charge in [0.15, 0.2) is 0 Å². The quantitative estimate of drug-likeness (QED) is 0.634. The monoisotopic (exact) mass is 360 g/mol. The van der Waals surface area contributed by atoms with Crippen molar-refractivity contribution in [3.8, 4) is 0 Å². The van der Waals surface area contributed by atoms with E-state index in [1.165, 1.54) is 15.9 Å². The largest absolute Gasteiger partial charge is 0.381 e. The van der Waals surface area contributed by atoms with Gasteiger partial charge in [-0.3, -0.25) is 0 Å². The summed E-state index contributed by atoms with van der Waals surface area (Å²) in [6.45, 7) is -0.0532. The molecule has 0 radical (unpaired) electrons.